The Kier molecular flexibility index (Phi) is 3.25. The number of alkyl halides is 1. The molecule has 0 bridgehead atoms. The van der Waals surface area contributed by atoms with E-state index in [2.05, 4.69) is 28.1 Å². The van der Waals surface area contributed by atoms with Crippen LogP contribution in [0.2, 0.25) is 0 Å². The number of methoxy groups -OCH3 is 1. The molecule has 0 atom stereocenters. The third-order valence-corrected chi connectivity index (χ3v) is 3.13. The van der Waals surface area contributed by atoms with Crippen molar-refractivity contribution in [3.8, 4) is 0 Å². The molecule has 0 fully saturated rings. The van der Waals surface area contributed by atoms with Gasteiger partial charge in [0.2, 0.25) is 0 Å². The van der Waals surface area contributed by atoms with Gasteiger partial charge >= 0.3 is 5.97 Å². The van der Waals surface area contributed by atoms with Crippen LogP contribution in [0.25, 0.3) is 10.8 Å². The Morgan fingerprint density at radius 1 is 1.19 bits per heavy atom. The first-order valence-corrected chi connectivity index (χ1v) is 6.03. The van der Waals surface area contributed by atoms with Crippen LogP contribution in [0, 0.1) is 0 Å². The summed E-state index contributed by atoms with van der Waals surface area (Å²) in [6, 6.07) is 11.7. The van der Waals surface area contributed by atoms with Gasteiger partial charge in [0.1, 0.15) is 0 Å². The molecule has 0 N–H and O–H groups in total. The van der Waals surface area contributed by atoms with E-state index in [0.717, 1.165) is 16.1 Å². The van der Waals surface area contributed by atoms with Gasteiger partial charge in [-0.2, -0.15) is 0 Å². The Labute approximate surface area is 102 Å². The van der Waals surface area contributed by atoms with Crippen molar-refractivity contribution in [2.75, 3.05) is 7.11 Å². The van der Waals surface area contributed by atoms with Crippen molar-refractivity contribution in [1.29, 1.82) is 0 Å². The molecule has 0 aliphatic carbocycles. The van der Waals surface area contributed by atoms with Crippen LogP contribution in [-0.2, 0) is 10.1 Å². The van der Waals surface area contributed by atoms with Gasteiger partial charge in [-0.25, -0.2) is 4.79 Å². The number of rotatable bonds is 2. The lowest BCUT2D eigenvalue weighted by Gasteiger charge is -2.03. The highest BCUT2D eigenvalue weighted by Gasteiger charge is 2.05. The number of fused-ring (bicyclic) bond motifs is 1. The van der Waals surface area contributed by atoms with Gasteiger partial charge in [-0.05, 0) is 28.5 Å². The zero-order valence-corrected chi connectivity index (χ0v) is 10.5. The molecule has 0 aromatic heterocycles. The summed E-state index contributed by atoms with van der Waals surface area (Å²) in [5.74, 6) is -0.300. The highest BCUT2D eigenvalue weighted by Crippen LogP contribution is 2.19. The number of benzene rings is 2. The van der Waals surface area contributed by atoms with Gasteiger partial charge in [0.25, 0.3) is 0 Å². The second kappa shape index (κ2) is 4.66. The molecular formula is C13H11BrO2. The number of esters is 1. The third kappa shape index (κ3) is 2.09. The standard InChI is InChI=1S/C13H11BrO2/c1-16-13(15)11-5-4-10-3-2-9(8-14)6-12(10)7-11/h2-7H,8H2,1H3. The molecule has 2 aromatic rings. The van der Waals surface area contributed by atoms with E-state index in [1.165, 1.54) is 12.7 Å². The predicted molar refractivity (Wildman–Crippen MR) is 67.9 cm³/mol. The van der Waals surface area contributed by atoms with Crippen molar-refractivity contribution < 1.29 is 9.53 Å². The maximum absolute atomic E-state index is 11.4. The van der Waals surface area contributed by atoms with Gasteiger partial charge in [0, 0.05) is 5.33 Å². The van der Waals surface area contributed by atoms with E-state index < -0.39 is 0 Å². The van der Waals surface area contributed by atoms with Crippen molar-refractivity contribution in [1.82, 2.24) is 0 Å². The van der Waals surface area contributed by atoms with Crippen LogP contribution in [0.3, 0.4) is 0 Å². The first kappa shape index (κ1) is 11.1. The summed E-state index contributed by atoms with van der Waals surface area (Å²) in [6.45, 7) is 0. The van der Waals surface area contributed by atoms with Crippen LogP contribution in [0.4, 0.5) is 0 Å². The summed E-state index contributed by atoms with van der Waals surface area (Å²) in [4.78, 5) is 11.4. The van der Waals surface area contributed by atoms with E-state index >= 15 is 0 Å². The Morgan fingerprint density at radius 3 is 2.62 bits per heavy atom. The summed E-state index contributed by atoms with van der Waals surface area (Å²) in [7, 11) is 1.39. The molecule has 2 aromatic carbocycles. The van der Waals surface area contributed by atoms with E-state index in [-0.39, 0.29) is 5.97 Å². The zero-order chi connectivity index (χ0) is 11.5. The molecule has 0 aliphatic rings. The van der Waals surface area contributed by atoms with Crippen LogP contribution >= 0.6 is 15.9 Å². The van der Waals surface area contributed by atoms with Crippen molar-refractivity contribution in [3.63, 3.8) is 0 Å². The number of hydrogen-bond donors (Lipinski definition) is 0. The van der Waals surface area contributed by atoms with Gasteiger partial charge in [0.05, 0.1) is 12.7 Å². The number of hydrogen-bond acceptors (Lipinski definition) is 2. The number of halogens is 1. The molecule has 0 unspecified atom stereocenters. The van der Waals surface area contributed by atoms with Crippen LogP contribution in [-0.4, -0.2) is 13.1 Å². The molecule has 0 amide bonds. The summed E-state index contributed by atoms with van der Waals surface area (Å²) in [5, 5.41) is 2.99. The fraction of sp³-hybridized carbons (Fsp3) is 0.154. The van der Waals surface area contributed by atoms with Gasteiger partial charge in [0.15, 0.2) is 0 Å². The number of ether oxygens (including phenoxy) is 1. The van der Waals surface area contributed by atoms with Crippen LogP contribution < -0.4 is 0 Å². The maximum atomic E-state index is 11.4. The second-order valence-corrected chi connectivity index (χ2v) is 4.08. The normalized spacial score (nSPS) is 10.4. The summed E-state index contributed by atoms with van der Waals surface area (Å²) in [6.07, 6.45) is 0. The van der Waals surface area contributed by atoms with Crippen molar-refractivity contribution >= 4 is 32.7 Å². The molecule has 0 spiro atoms. The van der Waals surface area contributed by atoms with Crippen LogP contribution in [0.1, 0.15) is 15.9 Å². The molecule has 82 valence electrons. The Hall–Kier alpha value is -1.35. The Bertz CT molecular complexity index is 534. The van der Waals surface area contributed by atoms with Crippen LogP contribution in [0.15, 0.2) is 36.4 Å². The topological polar surface area (TPSA) is 26.3 Å². The van der Waals surface area contributed by atoms with Gasteiger partial charge in [-0.3, -0.25) is 0 Å². The second-order valence-electron chi connectivity index (χ2n) is 3.52. The highest BCUT2D eigenvalue weighted by molar-refractivity contribution is 9.08. The predicted octanol–water partition coefficient (Wildman–Crippen LogP) is 3.52. The van der Waals surface area contributed by atoms with Crippen LogP contribution in [0.5, 0.6) is 0 Å². The monoisotopic (exact) mass is 278 g/mol. The molecule has 0 saturated heterocycles. The molecule has 0 saturated carbocycles. The number of carbonyl (C=O) groups excluding carboxylic acids is 1. The lowest BCUT2D eigenvalue weighted by molar-refractivity contribution is 0.0601. The fourth-order valence-corrected chi connectivity index (χ4v) is 1.97. The molecule has 2 rings (SSSR count). The Morgan fingerprint density at radius 2 is 1.94 bits per heavy atom. The SMILES string of the molecule is COC(=O)c1ccc2ccc(CBr)cc2c1. The summed E-state index contributed by atoms with van der Waals surface area (Å²) >= 11 is 3.41. The van der Waals surface area contributed by atoms with E-state index in [4.69, 9.17) is 4.74 Å². The third-order valence-electron chi connectivity index (χ3n) is 2.48. The number of carbonyl (C=O) groups is 1. The molecule has 16 heavy (non-hydrogen) atoms. The highest BCUT2D eigenvalue weighted by atomic mass is 79.9. The molecular weight excluding hydrogens is 268 g/mol. The van der Waals surface area contributed by atoms with Crippen molar-refractivity contribution in [2.24, 2.45) is 0 Å². The molecule has 3 heteroatoms. The van der Waals surface area contributed by atoms with E-state index in [9.17, 15) is 4.79 Å². The lowest BCUT2D eigenvalue weighted by atomic mass is 10.0. The van der Waals surface area contributed by atoms with Crippen molar-refractivity contribution in [3.05, 3.63) is 47.5 Å². The molecule has 0 heterocycles. The van der Waals surface area contributed by atoms with Gasteiger partial charge < -0.3 is 4.74 Å². The molecule has 0 aliphatic heterocycles. The smallest absolute Gasteiger partial charge is 0.337 e. The summed E-state index contributed by atoms with van der Waals surface area (Å²) < 4.78 is 4.69. The van der Waals surface area contributed by atoms with Gasteiger partial charge in [-0.1, -0.05) is 40.2 Å². The van der Waals surface area contributed by atoms with E-state index in [1.54, 1.807) is 6.07 Å². The molecule has 0 radical (unpaired) electrons. The minimum Gasteiger partial charge on any atom is -0.465 e. The van der Waals surface area contributed by atoms with Gasteiger partial charge in [-0.15, -0.1) is 0 Å². The zero-order valence-electron chi connectivity index (χ0n) is 8.87. The quantitative estimate of drug-likeness (QED) is 0.621. The minimum atomic E-state index is -0.300. The summed E-state index contributed by atoms with van der Waals surface area (Å²) in [5.41, 5.74) is 1.77. The first-order chi connectivity index (χ1) is 7.74. The average Bonchev–Trinajstić information content (AvgIpc) is 2.36. The van der Waals surface area contributed by atoms with E-state index in [0.29, 0.717) is 5.56 Å². The first-order valence-electron chi connectivity index (χ1n) is 4.91. The lowest BCUT2D eigenvalue weighted by Crippen LogP contribution is -2.00. The average molecular weight is 279 g/mol. The fourth-order valence-electron chi connectivity index (χ4n) is 1.62. The largest absolute Gasteiger partial charge is 0.465 e. The minimum absolute atomic E-state index is 0.300. The van der Waals surface area contributed by atoms with Crippen molar-refractivity contribution in [2.45, 2.75) is 5.33 Å². The molecule has 2 nitrogen and oxygen atoms in total. The Balaban J connectivity index is 2.54. The van der Waals surface area contributed by atoms with E-state index in [1.807, 2.05) is 18.2 Å². The maximum Gasteiger partial charge on any atom is 0.337 e.